The lowest BCUT2D eigenvalue weighted by Crippen LogP contribution is -2.48. The van der Waals surface area contributed by atoms with Crippen molar-refractivity contribution in [3.8, 4) is 0 Å². The van der Waals surface area contributed by atoms with E-state index in [1.54, 1.807) is 0 Å². The Labute approximate surface area is 158 Å². The molecule has 0 unspecified atom stereocenters. The second-order valence-corrected chi connectivity index (χ2v) is 7.16. The topological polar surface area (TPSA) is 66.9 Å². The molecule has 3 aromatic heterocycles. The van der Waals surface area contributed by atoms with Gasteiger partial charge in [-0.3, -0.25) is 9.69 Å². The third kappa shape index (κ3) is 3.88. The monoisotopic (exact) mass is 367 g/mol. The van der Waals surface area contributed by atoms with Crippen molar-refractivity contribution in [1.29, 1.82) is 0 Å². The lowest BCUT2D eigenvalue weighted by molar-refractivity contribution is -0.133. The van der Waals surface area contributed by atoms with E-state index in [0.717, 1.165) is 61.1 Å². The van der Waals surface area contributed by atoms with E-state index in [4.69, 9.17) is 4.52 Å². The van der Waals surface area contributed by atoms with Crippen LogP contribution in [0, 0.1) is 13.8 Å². The summed E-state index contributed by atoms with van der Waals surface area (Å²) in [5.74, 6) is 1.03. The maximum atomic E-state index is 12.5. The average molecular weight is 367 g/mol. The average Bonchev–Trinajstić information content (AvgIpc) is 3.23. The number of hydrogen-bond acceptors (Lipinski definition) is 5. The van der Waals surface area contributed by atoms with E-state index in [9.17, 15) is 4.79 Å². The van der Waals surface area contributed by atoms with Crippen molar-refractivity contribution in [3.63, 3.8) is 0 Å². The number of hydrogen-bond donors (Lipinski definition) is 0. The zero-order valence-corrected chi connectivity index (χ0v) is 15.9. The molecule has 1 saturated heterocycles. The number of pyridine rings is 1. The molecule has 1 fully saturated rings. The van der Waals surface area contributed by atoms with Crippen LogP contribution in [0.1, 0.15) is 29.1 Å². The molecule has 1 aliphatic rings. The molecule has 1 aliphatic heterocycles. The molecular weight excluding hydrogens is 342 g/mol. The molecule has 7 heteroatoms. The number of carbonyl (C=O) groups excluding carboxylic acids is 1. The first-order chi connectivity index (χ1) is 13.1. The second kappa shape index (κ2) is 7.52. The molecule has 0 aromatic carbocycles. The molecule has 142 valence electrons. The SMILES string of the molecule is Cc1noc(C)c1CCC(=O)N1CCN(Cc2cn3ccccc3n2)CC1. The van der Waals surface area contributed by atoms with E-state index in [0.29, 0.717) is 12.8 Å². The van der Waals surface area contributed by atoms with E-state index in [-0.39, 0.29) is 5.91 Å². The predicted octanol–water partition coefficient (Wildman–Crippen LogP) is 2.22. The standard InChI is InChI=1S/C20H25N5O2/c1-15-18(16(2)27-22-15)6-7-20(26)24-11-9-23(10-12-24)13-17-14-25-8-4-3-5-19(25)21-17/h3-5,8,14H,6-7,9-13H2,1-2H3. The number of aromatic nitrogens is 3. The molecule has 27 heavy (non-hydrogen) atoms. The Morgan fingerprint density at radius 1 is 1.19 bits per heavy atom. The summed E-state index contributed by atoms with van der Waals surface area (Å²) in [7, 11) is 0. The largest absolute Gasteiger partial charge is 0.361 e. The smallest absolute Gasteiger partial charge is 0.222 e. The zero-order valence-electron chi connectivity index (χ0n) is 15.9. The van der Waals surface area contributed by atoms with E-state index in [2.05, 4.69) is 21.2 Å². The van der Waals surface area contributed by atoms with Gasteiger partial charge in [0.05, 0.1) is 11.4 Å². The Kier molecular flexibility index (Phi) is 4.94. The quantitative estimate of drug-likeness (QED) is 0.692. The van der Waals surface area contributed by atoms with Gasteiger partial charge in [-0.05, 0) is 32.4 Å². The first-order valence-electron chi connectivity index (χ1n) is 9.44. The number of rotatable bonds is 5. The van der Waals surface area contributed by atoms with Crippen LogP contribution in [0.4, 0.5) is 0 Å². The van der Waals surface area contributed by atoms with Crippen molar-refractivity contribution >= 4 is 11.6 Å². The molecule has 0 spiro atoms. The van der Waals surface area contributed by atoms with Gasteiger partial charge in [0, 0.05) is 57.1 Å². The van der Waals surface area contributed by atoms with Crippen LogP contribution in [0.25, 0.3) is 5.65 Å². The molecule has 0 N–H and O–H groups in total. The van der Waals surface area contributed by atoms with Gasteiger partial charge < -0.3 is 13.8 Å². The molecule has 4 rings (SSSR count). The fourth-order valence-electron chi connectivity index (χ4n) is 3.70. The van der Waals surface area contributed by atoms with Crippen LogP contribution in [0.15, 0.2) is 35.1 Å². The van der Waals surface area contributed by atoms with Gasteiger partial charge in [0.25, 0.3) is 0 Å². The molecule has 1 amide bonds. The van der Waals surface area contributed by atoms with Crippen LogP contribution in [0.5, 0.6) is 0 Å². The molecule has 3 aromatic rings. The Hall–Kier alpha value is -2.67. The molecule has 7 nitrogen and oxygen atoms in total. The van der Waals surface area contributed by atoms with Gasteiger partial charge in [0.15, 0.2) is 0 Å². The molecule has 0 aliphatic carbocycles. The summed E-state index contributed by atoms with van der Waals surface area (Å²) in [6.07, 6.45) is 5.30. The lowest BCUT2D eigenvalue weighted by atomic mass is 10.1. The van der Waals surface area contributed by atoms with Gasteiger partial charge in [-0.1, -0.05) is 11.2 Å². The minimum absolute atomic E-state index is 0.211. The zero-order chi connectivity index (χ0) is 18.8. The van der Waals surface area contributed by atoms with E-state index < -0.39 is 0 Å². The molecule has 0 bridgehead atoms. The number of nitrogens with zero attached hydrogens (tertiary/aromatic N) is 5. The summed E-state index contributed by atoms with van der Waals surface area (Å²) >= 11 is 0. The summed E-state index contributed by atoms with van der Waals surface area (Å²) in [6, 6.07) is 6.02. The van der Waals surface area contributed by atoms with Gasteiger partial charge in [-0.15, -0.1) is 0 Å². The Balaban J connectivity index is 1.27. The highest BCUT2D eigenvalue weighted by Gasteiger charge is 2.22. The third-order valence-electron chi connectivity index (χ3n) is 5.29. The van der Waals surface area contributed by atoms with Crippen molar-refractivity contribution in [2.75, 3.05) is 26.2 Å². The van der Waals surface area contributed by atoms with E-state index in [1.807, 2.05) is 47.5 Å². The van der Waals surface area contributed by atoms with E-state index in [1.165, 1.54) is 0 Å². The summed E-state index contributed by atoms with van der Waals surface area (Å²) in [6.45, 7) is 7.95. The van der Waals surface area contributed by atoms with Crippen LogP contribution in [0.3, 0.4) is 0 Å². The highest BCUT2D eigenvalue weighted by Crippen LogP contribution is 2.16. The minimum atomic E-state index is 0.211. The van der Waals surface area contributed by atoms with Crippen molar-refractivity contribution in [3.05, 3.63) is 53.3 Å². The minimum Gasteiger partial charge on any atom is -0.361 e. The first-order valence-corrected chi connectivity index (χ1v) is 9.44. The first kappa shape index (κ1) is 17.7. The van der Waals surface area contributed by atoms with Crippen molar-refractivity contribution < 1.29 is 9.32 Å². The van der Waals surface area contributed by atoms with Crippen LogP contribution in [-0.2, 0) is 17.8 Å². The summed E-state index contributed by atoms with van der Waals surface area (Å²) in [4.78, 5) is 21.5. The Morgan fingerprint density at radius 2 is 2.00 bits per heavy atom. The fraction of sp³-hybridized carbons (Fsp3) is 0.450. The van der Waals surface area contributed by atoms with Gasteiger partial charge in [0.1, 0.15) is 11.4 Å². The van der Waals surface area contributed by atoms with Crippen LogP contribution < -0.4 is 0 Å². The van der Waals surface area contributed by atoms with Gasteiger partial charge in [-0.25, -0.2) is 4.98 Å². The highest BCUT2D eigenvalue weighted by molar-refractivity contribution is 5.76. The predicted molar refractivity (Wildman–Crippen MR) is 101 cm³/mol. The summed E-state index contributed by atoms with van der Waals surface area (Å²) in [5.41, 5.74) is 3.99. The van der Waals surface area contributed by atoms with Gasteiger partial charge >= 0.3 is 0 Å². The van der Waals surface area contributed by atoms with Crippen molar-refractivity contribution in [1.82, 2.24) is 24.3 Å². The summed E-state index contributed by atoms with van der Waals surface area (Å²) < 4.78 is 7.22. The number of fused-ring (bicyclic) bond motifs is 1. The molecule has 0 radical (unpaired) electrons. The number of piperazine rings is 1. The second-order valence-electron chi connectivity index (χ2n) is 7.16. The molecule has 4 heterocycles. The maximum Gasteiger partial charge on any atom is 0.222 e. The number of imidazole rings is 1. The van der Waals surface area contributed by atoms with Crippen molar-refractivity contribution in [2.24, 2.45) is 0 Å². The molecular formula is C20H25N5O2. The lowest BCUT2D eigenvalue weighted by Gasteiger charge is -2.34. The number of carbonyl (C=O) groups is 1. The van der Waals surface area contributed by atoms with Crippen LogP contribution in [0.2, 0.25) is 0 Å². The Morgan fingerprint density at radius 3 is 2.70 bits per heavy atom. The van der Waals surface area contributed by atoms with Gasteiger partial charge in [-0.2, -0.15) is 0 Å². The molecule has 0 atom stereocenters. The van der Waals surface area contributed by atoms with Crippen LogP contribution in [-0.4, -0.2) is 56.4 Å². The normalized spacial score (nSPS) is 15.6. The molecule has 0 saturated carbocycles. The van der Waals surface area contributed by atoms with E-state index >= 15 is 0 Å². The van der Waals surface area contributed by atoms with Gasteiger partial charge in [0.2, 0.25) is 5.91 Å². The Bertz CT molecular complexity index is 884. The third-order valence-corrected chi connectivity index (χ3v) is 5.29. The maximum absolute atomic E-state index is 12.5. The fourth-order valence-corrected chi connectivity index (χ4v) is 3.70. The summed E-state index contributed by atoms with van der Waals surface area (Å²) in [5, 5.41) is 3.96. The highest BCUT2D eigenvalue weighted by atomic mass is 16.5. The number of aryl methyl sites for hydroxylation is 2. The van der Waals surface area contributed by atoms with Crippen LogP contribution >= 0.6 is 0 Å². The number of amides is 1. The van der Waals surface area contributed by atoms with Crippen molar-refractivity contribution in [2.45, 2.75) is 33.2 Å².